The Morgan fingerprint density at radius 3 is 2.31 bits per heavy atom. The minimum Gasteiger partial charge on any atom is -0.348 e. The van der Waals surface area contributed by atoms with Gasteiger partial charge in [0, 0.05) is 24.2 Å². The molecule has 2 aromatic rings. The molecule has 3 rings (SSSR count). The highest BCUT2D eigenvalue weighted by molar-refractivity contribution is 7.13. The Balaban J connectivity index is 0.00000256. The van der Waals surface area contributed by atoms with Gasteiger partial charge in [-0.3, -0.25) is 9.69 Å². The molecule has 1 aliphatic heterocycles. The van der Waals surface area contributed by atoms with E-state index in [1.54, 1.807) is 28.4 Å². The Morgan fingerprint density at radius 1 is 1.12 bits per heavy atom. The van der Waals surface area contributed by atoms with Gasteiger partial charge in [0.2, 0.25) is 5.91 Å². The van der Waals surface area contributed by atoms with Crippen LogP contribution >= 0.6 is 36.2 Å². The normalized spacial score (nSPS) is 14.7. The lowest BCUT2D eigenvalue weighted by Gasteiger charge is -2.31. The fourth-order valence-corrected chi connectivity index (χ4v) is 4.71. The lowest BCUT2D eigenvalue weighted by atomic mass is 10.0. The summed E-state index contributed by atoms with van der Waals surface area (Å²) >= 11 is 1.64. The number of carbonyl (C=O) groups excluding carboxylic acids is 1. The number of thiazole rings is 1. The molecular weight excluding hydrogens is 470 g/mol. The second-order valence-electron chi connectivity index (χ2n) is 8.68. The van der Waals surface area contributed by atoms with Crippen LogP contribution in [0.4, 0.5) is 15.2 Å². The summed E-state index contributed by atoms with van der Waals surface area (Å²) in [6, 6.07) is 5.92. The number of hydrogen-bond donors (Lipinski definition) is 0. The maximum absolute atomic E-state index is 13.6. The first-order chi connectivity index (χ1) is 14.3. The van der Waals surface area contributed by atoms with Crippen molar-refractivity contribution >= 4 is 52.9 Å². The fourth-order valence-electron chi connectivity index (χ4n) is 3.84. The number of nitrogens with zero attached hydrogens (tertiary/aromatic N) is 4. The van der Waals surface area contributed by atoms with E-state index in [-0.39, 0.29) is 42.6 Å². The van der Waals surface area contributed by atoms with Crippen LogP contribution in [0.2, 0.25) is 0 Å². The summed E-state index contributed by atoms with van der Waals surface area (Å²) in [5.41, 5.74) is 1.57. The monoisotopic (exact) mass is 504 g/mol. The number of hydrogen-bond acceptors (Lipinski definition) is 5. The van der Waals surface area contributed by atoms with Crippen LogP contribution in [0.15, 0.2) is 29.6 Å². The Bertz CT molecular complexity index is 826. The molecule has 0 aliphatic carbocycles. The number of likely N-dealkylation sites (N-methyl/N-ethyl adjacent to an activating group) is 1. The smallest absolute Gasteiger partial charge is 0.244 e. The molecule has 1 amide bonds. The number of aromatic nitrogens is 1. The molecule has 0 spiro atoms. The first-order valence-corrected chi connectivity index (χ1v) is 11.7. The third-order valence-electron chi connectivity index (χ3n) is 5.49. The van der Waals surface area contributed by atoms with Crippen molar-refractivity contribution in [2.24, 2.45) is 5.92 Å². The van der Waals surface area contributed by atoms with Gasteiger partial charge in [-0.1, -0.05) is 13.8 Å². The van der Waals surface area contributed by atoms with E-state index in [0.29, 0.717) is 18.2 Å². The van der Waals surface area contributed by atoms with Crippen LogP contribution in [-0.2, 0) is 11.3 Å². The van der Waals surface area contributed by atoms with E-state index in [2.05, 4.69) is 18.7 Å². The molecule has 0 saturated carbocycles. The second-order valence-corrected chi connectivity index (χ2v) is 9.52. The molecule has 0 radical (unpaired) electrons. The Morgan fingerprint density at radius 2 is 1.75 bits per heavy atom. The Labute approximate surface area is 207 Å². The maximum atomic E-state index is 13.6. The second kappa shape index (κ2) is 13.3. The zero-order chi connectivity index (χ0) is 21.7. The first-order valence-electron chi connectivity index (χ1n) is 10.8. The van der Waals surface area contributed by atoms with Crippen LogP contribution in [-0.4, -0.2) is 49.0 Å². The van der Waals surface area contributed by atoms with E-state index in [1.807, 2.05) is 24.4 Å². The minimum absolute atomic E-state index is 0. The summed E-state index contributed by atoms with van der Waals surface area (Å²) in [4.78, 5) is 24.5. The molecule has 32 heavy (non-hydrogen) atoms. The van der Waals surface area contributed by atoms with Crippen LogP contribution in [0.5, 0.6) is 0 Å². The summed E-state index contributed by atoms with van der Waals surface area (Å²) in [7, 11) is 3.87. The van der Waals surface area contributed by atoms with E-state index in [9.17, 15) is 9.18 Å². The zero-order valence-electron chi connectivity index (χ0n) is 19.3. The van der Waals surface area contributed by atoms with Gasteiger partial charge in [0.05, 0.1) is 18.3 Å². The van der Waals surface area contributed by atoms with Crippen molar-refractivity contribution in [3.05, 3.63) is 41.2 Å². The summed E-state index contributed by atoms with van der Waals surface area (Å²) in [6.07, 6.45) is 4.45. The highest BCUT2D eigenvalue weighted by Crippen LogP contribution is 2.27. The van der Waals surface area contributed by atoms with Crippen LogP contribution in [0.3, 0.4) is 0 Å². The number of rotatable bonds is 8. The van der Waals surface area contributed by atoms with Crippen LogP contribution in [0.25, 0.3) is 0 Å². The van der Waals surface area contributed by atoms with Gasteiger partial charge < -0.3 is 9.80 Å². The lowest BCUT2D eigenvalue weighted by Crippen LogP contribution is -2.46. The molecule has 0 bridgehead atoms. The number of halogens is 3. The standard InChI is InChI=1S/C23H33FN4OS.2ClH/c1-17(2)14-21(26(3)4)22(29)28(20-10-8-18(24)9-11-20)15-19-16-30-23(25-19)27-12-6-5-7-13-27;;/h8-11,16-17,21H,5-7,12-15H2,1-4H3;2*1H. The molecule has 1 aromatic carbocycles. The fraction of sp³-hybridized carbons (Fsp3) is 0.565. The third kappa shape index (κ3) is 7.58. The zero-order valence-corrected chi connectivity index (χ0v) is 21.7. The van der Waals surface area contributed by atoms with Gasteiger partial charge in [-0.15, -0.1) is 36.2 Å². The molecule has 1 aromatic heterocycles. The molecule has 180 valence electrons. The van der Waals surface area contributed by atoms with Crippen molar-refractivity contribution in [2.45, 2.75) is 52.1 Å². The van der Waals surface area contributed by atoms with Gasteiger partial charge in [0.25, 0.3) is 0 Å². The number of amides is 1. The SMILES string of the molecule is CC(C)CC(C(=O)N(Cc1csc(N2CCCCC2)n1)c1ccc(F)cc1)N(C)C.Cl.Cl. The van der Waals surface area contributed by atoms with E-state index < -0.39 is 0 Å². The molecule has 2 heterocycles. The van der Waals surface area contributed by atoms with Crippen LogP contribution < -0.4 is 9.80 Å². The number of benzene rings is 1. The van der Waals surface area contributed by atoms with E-state index in [1.165, 1.54) is 31.4 Å². The number of piperidine rings is 1. The summed E-state index contributed by atoms with van der Waals surface area (Å²) in [5.74, 6) is 0.104. The molecular formula is C23H35Cl2FN4OS. The van der Waals surface area contributed by atoms with Gasteiger partial charge in [-0.2, -0.15) is 0 Å². The van der Waals surface area contributed by atoms with E-state index >= 15 is 0 Å². The van der Waals surface area contributed by atoms with Gasteiger partial charge in [-0.05, 0) is 70.0 Å². The van der Waals surface area contributed by atoms with Crippen molar-refractivity contribution in [3.63, 3.8) is 0 Å². The van der Waals surface area contributed by atoms with Gasteiger partial charge in [-0.25, -0.2) is 9.37 Å². The summed E-state index contributed by atoms with van der Waals surface area (Å²) in [5, 5.41) is 3.07. The molecule has 5 nitrogen and oxygen atoms in total. The van der Waals surface area contributed by atoms with Crippen LogP contribution in [0.1, 0.15) is 45.2 Å². The van der Waals surface area contributed by atoms with E-state index in [4.69, 9.17) is 4.98 Å². The van der Waals surface area contributed by atoms with Gasteiger partial charge >= 0.3 is 0 Å². The van der Waals surface area contributed by atoms with Gasteiger partial charge in [0.1, 0.15) is 5.82 Å². The predicted octanol–water partition coefficient (Wildman–Crippen LogP) is 5.63. The van der Waals surface area contributed by atoms with Crippen molar-refractivity contribution in [3.8, 4) is 0 Å². The number of anilines is 2. The molecule has 1 fully saturated rings. The molecule has 9 heteroatoms. The largest absolute Gasteiger partial charge is 0.348 e. The maximum Gasteiger partial charge on any atom is 0.244 e. The number of carbonyl (C=O) groups is 1. The summed E-state index contributed by atoms with van der Waals surface area (Å²) in [6.45, 7) is 6.72. The molecule has 1 atom stereocenters. The summed E-state index contributed by atoms with van der Waals surface area (Å²) < 4.78 is 13.5. The van der Waals surface area contributed by atoms with Crippen molar-refractivity contribution in [2.75, 3.05) is 37.0 Å². The molecule has 1 unspecified atom stereocenters. The average molecular weight is 506 g/mol. The topological polar surface area (TPSA) is 39.7 Å². The van der Waals surface area contributed by atoms with Crippen molar-refractivity contribution < 1.29 is 9.18 Å². The van der Waals surface area contributed by atoms with Crippen LogP contribution in [0, 0.1) is 11.7 Å². The first kappa shape index (κ1) is 28.6. The highest BCUT2D eigenvalue weighted by Gasteiger charge is 2.29. The van der Waals surface area contributed by atoms with Gasteiger partial charge in [0.15, 0.2) is 5.13 Å². The van der Waals surface area contributed by atoms with Crippen molar-refractivity contribution in [1.29, 1.82) is 0 Å². The third-order valence-corrected chi connectivity index (χ3v) is 6.44. The lowest BCUT2D eigenvalue weighted by molar-refractivity contribution is -0.123. The van der Waals surface area contributed by atoms with Crippen molar-refractivity contribution in [1.82, 2.24) is 9.88 Å². The highest BCUT2D eigenvalue weighted by atomic mass is 35.5. The predicted molar refractivity (Wildman–Crippen MR) is 137 cm³/mol. The molecule has 0 N–H and O–H groups in total. The Kier molecular flexibility index (Phi) is 11.9. The Hall–Kier alpha value is -1.41. The van der Waals surface area contributed by atoms with E-state index in [0.717, 1.165) is 30.3 Å². The molecule has 1 saturated heterocycles. The quantitative estimate of drug-likeness (QED) is 0.467. The average Bonchev–Trinajstić information content (AvgIpc) is 3.20. The minimum atomic E-state index is -0.307. The molecule has 1 aliphatic rings.